The molecule has 16 heavy (non-hydrogen) atoms. The van der Waals surface area contributed by atoms with E-state index >= 15 is 0 Å². The molecule has 0 saturated heterocycles. The Bertz CT molecular complexity index is 610. The first-order valence-electron chi connectivity index (χ1n) is 5.46. The average Bonchev–Trinajstić information content (AvgIpc) is 2.30. The molecular weight excluding hydrogens is 204 g/mol. The van der Waals surface area contributed by atoms with Gasteiger partial charge in [-0.1, -0.05) is 25.5 Å². The van der Waals surface area contributed by atoms with E-state index in [1.807, 2.05) is 18.2 Å². The van der Waals surface area contributed by atoms with Gasteiger partial charge in [0.05, 0.1) is 11.0 Å². The fourth-order valence-electron chi connectivity index (χ4n) is 1.76. The van der Waals surface area contributed by atoms with E-state index in [4.69, 9.17) is 0 Å². The van der Waals surface area contributed by atoms with Gasteiger partial charge in [0.2, 0.25) is 0 Å². The third kappa shape index (κ3) is 1.78. The fraction of sp³-hybridized carbons (Fsp3) is 0.333. The highest BCUT2D eigenvalue weighted by Crippen LogP contribution is 2.07. The van der Waals surface area contributed by atoms with Crippen LogP contribution in [0.5, 0.6) is 0 Å². The number of aromatic nitrogens is 2. The lowest BCUT2D eigenvalue weighted by molar-refractivity contribution is 0.625. The van der Waals surface area contributed by atoms with Crippen molar-refractivity contribution in [3.8, 4) is 0 Å². The van der Waals surface area contributed by atoms with Crippen molar-refractivity contribution in [1.29, 1.82) is 0 Å². The maximum Gasteiger partial charge on any atom is 0.316 e. The number of rotatable bonds is 3. The quantitative estimate of drug-likeness (QED) is 0.793. The van der Waals surface area contributed by atoms with E-state index < -0.39 is 11.1 Å². The Balaban J connectivity index is 2.72. The van der Waals surface area contributed by atoms with Gasteiger partial charge in [-0.2, -0.15) is 0 Å². The normalized spacial score (nSPS) is 10.8. The molecule has 0 aliphatic rings. The van der Waals surface area contributed by atoms with Crippen LogP contribution in [-0.4, -0.2) is 9.55 Å². The molecule has 0 unspecified atom stereocenters. The molecule has 0 spiro atoms. The zero-order chi connectivity index (χ0) is 11.5. The minimum absolute atomic E-state index is 0.466. The van der Waals surface area contributed by atoms with Gasteiger partial charge in [-0.25, -0.2) is 0 Å². The summed E-state index contributed by atoms with van der Waals surface area (Å²) in [5.74, 6) is 0. The van der Waals surface area contributed by atoms with Crippen molar-refractivity contribution in [2.45, 2.75) is 26.3 Å². The summed E-state index contributed by atoms with van der Waals surface area (Å²) in [6.07, 6.45) is 1.89. The zero-order valence-corrected chi connectivity index (χ0v) is 9.19. The smallest absolute Gasteiger partial charge is 0.316 e. The first kappa shape index (κ1) is 10.7. The van der Waals surface area contributed by atoms with Gasteiger partial charge < -0.3 is 9.55 Å². The summed E-state index contributed by atoms with van der Waals surface area (Å²) < 4.78 is 1.55. The van der Waals surface area contributed by atoms with Gasteiger partial charge >= 0.3 is 11.1 Å². The number of unbranched alkanes of at least 4 members (excludes halogenated alkanes) is 1. The van der Waals surface area contributed by atoms with Crippen LogP contribution in [0, 0.1) is 0 Å². The molecule has 0 aliphatic heterocycles. The van der Waals surface area contributed by atoms with Crippen LogP contribution in [-0.2, 0) is 6.54 Å². The number of aromatic amines is 1. The molecule has 0 bridgehead atoms. The summed E-state index contributed by atoms with van der Waals surface area (Å²) in [4.78, 5) is 25.7. The van der Waals surface area contributed by atoms with Gasteiger partial charge in [0, 0.05) is 6.54 Å². The van der Waals surface area contributed by atoms with Crippen LogP contribution in [0.1, 0.15) is 19.8 Å². The van der Waals surface area contributed by atoms with Crippen molar-refractivity contribution in [2.75, 3.05) is 0 Å². The molecule has 4 heteroatoms. The van der Waals surface area contributed by atoms with Crippen LogP contribution in [0.25, 0.3) is 11.0 Å². The second-order valence-electron chi connectivity index (χ2n) is 3.78. The van der Waals surface area contributed by atoms with Crippen LogP contribution >= 0.6 is 0 Å². The molecule has 84 valence electrons. The van der Waals surface area contributed by atoms with Crippen molar-refractivity contribution in [1.82, 2.24) is 9.55 Å². The Labute approximate surface area is 92.5 Å². The average molecular weight is 218 g/mol. The summed E-state index contributed by atoms with van der Waals surface area (Å²) in [5.41, 5.74) is 0.491. The predicted molar refractivity (Wildman–Crippen MR) is 63.7 cm³/mol. The van der Waals surface area contributed by atoms with Gasteiger partial charge in [0.25, 0.3) is 0 Å². The molecule has 2 rings (SSSR count). The molecule has 0 aliphatic carbocycles. The number of para-hydroxylation sites is 2. The second-order valence-corrected chi connectivity index (χ2v) is 3.78. The molecule has 0 radical (unpaired) electrons. The Kier molecular flexibility index (Phi) is 2.90. The van der Waals surface area contributed by atoms with Crippen molar-refractivity contribution >= 4 is 11.0 Å². The van der Waals surface area contributed by atoms with Crippen LogP contribution < -0.4 is 11.1 Å². The van der Waals surface area contributed by atoms with Gasteiger partial charge in [0.1, 0.15) is 0 Å². The summed E-state index contributed by atoms with van der Waals surface area (Å²) in [7, 11) is 0. The molecule has 0 amide bonds. The van der Waals surface area contributed by atoms with E-state index in [-0.39, 0.29) is 0 Å². The second kappa shape index (κ2) is 4.35. The lowest BCUT2D eigenvalue weighted by Gasteiger charge is -2.08. The standard InChI is InChI=1S/C12H14N2O2/c1-2-3-8-14-10-7-5-4-6-9(10)13-11(15)12(14)16/h4-7H,2-3,8H2,1H3,(H,13,15). The molecule has 0 saturated carbocycles. The molecule has 4 nitrogen and oxygen atoms in total. The molecule has 0 atom stereocenters. The van der Waals surface area contributed by atoms with Crippen molar-refractivity contribution in [3.63, 3.8) is 0 Å². The lowest BCUT2D eigenvalue weighted by Crippen LogP contribution is -2.36. The Morgan fingerprint density at radius 1 is 1.25 bits per heavy atom. The Morgan fingerprint density at radius 3 is 2.75 bits per heavy atom. The molecule has 1 N–H and O–H groups in total. The van der Waals surface area contributed by atoms with Crippen molar-refractivity contribution in [3.05, 3.63) is 45.0 Å². The van der Waals surface area contributed by atoms with Gasteiger partial charge in [0.15, 0.2) is 0 Å². The van der Waals surface area contributed by atoms with Crippen molar-refractivity contribution < 1.29 is 0 Å². The Hall–Kier alpha value is -1.84. The van der Waals surface area contributed by atoms with Crippen molar-refractivity contribution in [2.24, 2.45) is 0 Å². The number of hydrogen-bond donors (Lipinski definition) is 1. The highest BCUT2D eigenvalue weighted by Gasteiger charge is 2.05. The number of aryl methyl sites for hydroxylation is 1. The summed E-state index contributed by atoms with van der Waals surface area (Å²) in [6, 6.07) is 7.36. The predicted octanol–water partition coefficient (Wildman–Crippen LogP) is 1.49. The van der Waals surface area contributed by atoms with Gasteiger partial charge in [-0.3, -0.25) is 9.59 Å². The van der Waals surface area contributed by atoms with Crippen LogP contribution in [0.3, 0.4) is 0 Å². The van der Waals surface area contributed by atoms with E-state index in [9.17, 15) is 9.59 Å². The maximum absolute atomic E-state index is 11.7. The SMILES string of the molecule is CCCCn1c(=O)c(=O)[nH]c2ccccc21. The van der Waals surface area contributed by atoms with E-state index in [2.05, 4.69) is 11.9 Å². The fourth-order valence-corrected chi connectivity index (χ4v) is 1.76. The minimum Gasteiger partial charge on any atom is -0.316 e. The summed E-state index contributed by atoms with van der Waals surface area (Å²) in [5, 5.41) is 0. The molecule has 1 aromatic heterocycles. The molecule has 1 heterocycles. The number of hydrogen-bond acceptors (Lipinski definition) is 2. The molecule has 1 aromatic carbocycles. The number of fused-ring (bicyclic) bond motifs is 1. The number of H-pyrrole nitrogens is 1. The van der Waals surface area contributed by atoms with E-state index in [0.29, 0.717) is 12.1 Å². The van der Waals surface area contributed by atoms with E-state index in [0.717, 1.165) is 18.4 Å². The first-order valence-corrected chi connectivity index (χ1v) is 5.46. The van der Waals surface area contributed by atoms with Crippen LogP contribution in [0.15, 0.2) is 33.9 Å². The molecule has 0 fully saturated rings. The highest BCUT2D eigenvalue weighted by molar-refractivity contribution is 5.74. The Morgan fingerprint density at radius 2 is 2.00 bits per heavy atom. The maximum atomic E-state index is 11.7. The van der Waals surface area contributed by atoms with Gasteiger partial charge in [-0.15, -0.1) is 0 Å². The lowest BCUT2D eigenvalue weighted by atomic mass is 10.2. The summed E-state index contributed by atoms with van der Waals surface area (Å²) >= 11 is 0. The third-order valence-corrected chi connectivity index (χ3v) is 2.62. The largest absolute Gasteiger partial charge is 0.316 e. The highest BCUT2D eigenvalue weighted by atomic mass is 16.2. The minimum atomic E-state index is -0.546. The number of nitrogens with zero attached hydrogens (tertiary/aromatic N) is 1. The van der Waals surface area contributed by atoms with Crippen LogP contribution in [0.2, 0.25) is 0 Å². The zero-order valence-electron chi connectivity index (χ0n) is 9.19. The van der Waals surface area contributed by atoms with Crippen LogP contribution in [0.4, 0.5) is 0 Å². The summed E-state index contributed by atoms with van der Waals surface area (Å²) in [6.45, 7) is 2.65. The van der Waals surface area contributed by atoms with Gasteiger partial charge in [-0.05, 0) is 18.6 Å². The number of benzene rings is 1. The molecular formula is C12H14N2O2. The first-order chi connectivity index (χ1) is 7.74. The topological polar surface area (TPSA) is 54.9 Å². The van der Waals surface area contributed by atoms with E-state index in [1.165, 1.54) is 0 Å². The monoisotopic (exact) mass is 218 g/mol. The number of nitrogens with one attached hydrogen (secondary N) is 1. The third-order valence-electron chi connectivity index (χ3n) is 2.62. The van der Waals surface area contributed by atoms with E-state index in [1.54, 1.807) is 10.6 Å². The molecule has 2 aromatic rings.